The van der Waals surface area contributed by atoms with Gasteiger partial charge in [0.15, 0.2) is 0 Å². The standard InChI is InChI=1S/C16H15Cl2N5O/c1-10-12(7-19-22(10)2)16(24)21-11-6-20-23(8-11)9-13-14(17)4-3-5-15(13)18/h3-8H,9H2,1-2H3,(H,21,24). The Morgan fingerprint density at radius 1 is 1.21 bits per heavy atom. The molecule has 1 amide bonds. The molecule has 0 aliphatic rings. The molecular weight excluding hydrogens is 349 g/mol. The van der Waals surface area contributed by atoms with Crippen LogP contribution < -0.4 is 5.32 Å². The summed E-state index contributed by atoms with van der Waals surface area (Å²) in [5.41, 5.74) is 2.69. The van der Waals surface area contributed by atoms with E-state index in [2.05, 4.69) is 15.5 Å². The second-order valence-corrected chi connectivity index (χ2v) is 6.16. The van der Waals surface area contributed by atoms with Gasteiger partial charge in [-0.2, -0.15) is 10.2 Å². The highest BCUT2D eigenvalue weighted by atomic mass is 35.5. The highest BCUT2D eigenvalue weighted by Crippen LogP contribution is 2.25. The highest BCUT2D eigenvalue weighted by molar-refractivity contribution is 6.35. The summed E-state index contributed by atoms with van der Waals surface area (Å²) in [6, 6.07) is 5.35. The van der Waals surface area contributed by atoms with E-state index in [0.717, 1.165) is 11.3 Å². The average Bonchev–Trinajstić information content (AvgIpc) is 3.11. The zero-order valence-corrected chi connectivity index (χ0v) is 14.6. The minimum atomic E-state index is -0.226. The van der Waals surface area contributed by atoms with Gasteiger partial charge in [0.2, 0.25) is 0 Å². The Morgan fingerprint density at radius 2 is 1.92 bits per heavy atom. The van der Waals surface area contributed by atoms with Gasteiger partial charge < -0.3 is 5.32 Å². The maximum absolute atomic E-state index is 12.3. The molecule has 3 rings (SSSR count). The molecule has 0 radical (unpaired) electrons. The Hall–Kier alpha value is -2.31. The van der Waals surface area contributed by atoms with Crippen LogP contribution in [-0.2, 0) is 13.6 Å². The van der Waals surface area contributed by atoms with E-state index in [1.807, 2.05) is 6.92 Å². The first-order valence-electron chi connectivity index (χ1n) is 7.21. The van der Waals surface area contributed by atoms with Crippen LogP contribution in [-0.4, -0.2) is 25.5 Å². The topological polar surface area (TPSA) is 64.7 Å². The number of nitrogens with zero attached hydrogens (tertiary/aromatic N) is 4. The van der Waals surface area contributed by atoms with Crippen molar-refractivity contribution in [2.75, 3.05) is 5.32 Å². The van der Waals surface area contributed by atoms with Gasteiger partial charge in [-0.25, -0.2) is 0 Å². The summed E-state index contributed by atoms with van der Waals surface area (Å²) < 4.78 is 3.32. The molecule has 6 nitrogen and oxygen atoms in total. The van der Waals surface area contributed by atoms with E-state index in [-0.39, 0.29) is 5.91 Å². The minimum absolute atomic E-state index is 0.226. The van der Waals surface area contributed by atoms with Gasteiger partial charge in [0.25, 0.3) is 5.91 Å². The number of rotatable bonds is 4. The number of carbonyl (C=O) groups excluding carboxylic acids is 1. The molecule has 1 aromatic carbocycles. The van der Waals surface area contributed by atoms with E-state index in [1.54, 1.807) is 53.2 Å². The van der Waals surface area contributed by atoms with Crippen LogP contribution in [0.15, 0.2) is 36.8 Å². The van der Waals surface area contributed by atoms with Crippen LogP contribution in [0.2, 0.25) is 10.0 Å². The number of anilines is 1. The SMILES string of the molecule is Cc1c(C(=O)Nc2cnn(Cc3c(Cl)cccc3Cl)c2)cnn1C. The molecule has 0 fully saturated rings. The van der Waals surface area contributed by atoms with Crippen molar-refractivity contribution in [1.29, 1.82) is 0 Å². The molecule has 3 aromatic rings. The van der Waals surface area contributed by atoms with Crippen molar-refractivity contribution in [3.05, 3.63) is 63.7 Å². The molecular formula is C16H15Cl2N5O. The minimum Gasteiger partial charge on any atom is -0.319 e. The second-order valence-electron chi connectivity index (χ2n) is 5.35. The van der Waals surface area contributed by atoms with Crippen molar-refractivity contribution in [2.24, 2.45) is 7.05 Å². The fourth-order valence-corrected chi connectivity index (χ4v) is 2.80. The smallest absolute Gasteiger partial charge is 0.259 e. The molecule has 0 saturated heterocycles. The second kappa shape index (κ2) is 6.67. The fourth-order valence-electron chi connectivity index (χ4n) is 2.28. The zero-order valence-electron chi connectivity index (χ0n) is 13.1. The van der Waals surface area contributed by atoms with E-state index < -0.39 is 0 Å². The van der Waals surface area contributed by atoms with E-state index in [0.29, 0.717) is 27.8 Å². The lowest BCUT2D eigenvalue weighted by atomic mass is 10.2. The number of nitrogens with one attached hydrogen (secondary N) is 1. The Morgan fingerprint density at radius 3 is 2.54 bits per heavy atom. The maximum atomic E-state index is 12.3. The normalized spacial score (nSPS) is 10.8. The van der Waals surface area contributed by atoms with E-state index in [1.165, 1.54) is 0 Å². The Bertz CT molecular complexity index is 880. The summed E-state index contributed by atoms with van der Waals surface area (Å²) in [6.45, 7) is 2.25. The zero-order chi connectivity index (χ0) is 17.3. The van der Waals surface area contributed by atoms with Gasteiger partial charge in [-0.05, 0) is 19.1 Å². The summed E-state index contributed by atoms with van der Waals surface area (Å²) in [6.07, 6.45) is 4.84. The van der Waals surface area contributed by atoms with Crippen molar-refractivity contribution >= 4 is 34.8 Å². The number of hydrogen-bond acceptors (Lipinski definition) is 3. The van der Waals surface area contributed by atoms with Crippen LogP contribution in [0.3, 0.4) is 0 Å². The van der Waals surface area contributed by atoms with Crippen molar-refractivity contribution in [3.8, 4) is 0 Å². The first-order valence-corrected chi connectivity index (χ1v) is 7.96. The van der Waals surface area contributed by atoms with Crippen molar-refractivity contribution in [3.63, 3.8) is 0 Å². The van der Waals surface area contributed by atoms with Crippen LogP contribution in [0.25, 0.3) is 0 Å². The molecule has 124 valence electrons. The number of hydrogen-bond donors (Lipinski definition) is 1. The Balaban J connectivity index is 1.74. The maximum Gasteiger partial charge on any atom is 0.259 e. The van der Waals surface area contributed by atoms with Gasteiger partial charge >= 0.3 is 0 Å². The number of carbonyl (C=O) groups is 1. The van der Waals surface area contributed by atoms with Crippen LogP contribution in [0.5, 0.6) is 0 Å². The third-order valence-corrected chi connectivity index (χ3v) is 4.46. The molecule has 0 aliphatic heterocycles. The summed E-state index contributed by atoms with van der Waals surface area (Å²) in [7, 11) is 1.79. The Labute approximate surface area is 149 Å². The lowest BCUT2D eigenvalue weighted by molar-refractivity contribution is 0.102. The number of amides is 1. The molecule has 1 N–H and O–H groups in total. The van der Waals surface area contributed by atoms with Gasteiger partial charge in [-0.15, -0.1) is 0 Å². The van der Waals surface area contributed by atoms with Gasteiger partial charge in [0.1, 0.15) is 0 Å². The quantitative estimate of drug-likeness (QED) is 0.770. The highest BCUT2D eigenvalue weighted by Gasteiger charge is 2.14. The third-order valence-electron chi connectivity index (χ3n) is 3.75. The predicted molar refractivity (Wildman–Crippen MR) is 93.7 cm³/mol. The summed E-state index contributed by atoms with van der Waals surface area (Å²) in [5.74, 6) is -0.226. The lowest BCUT2D eigenvalue weighted by Crippen LogP contribution is -2.12. The predicted octanol–water partition coefficient (Wildman–Crippen LogP) is 3.53. The van der Waals surface area contributed by atoms with Crippen LogP contribution in [0.4, 0.5) is 5.69 Å². The number of halogens is 2. The van der Waals surface area contributed by atoms with Crippen LogP contribution in [0.1, 0.15) is 21.6 Å². The Kier molecular flexibility index (Phi) is 4.59. The molecule has 2 heterocycles. The molecule has 24 heavy (non-hydrogen) atoms. The van der Waals surface area contributed by atoms with Crippen molar-refractivity contribution in [1.82, 2.24) is 19.6 Å². The van der Waals surface area contributed by atoms with Crippen molar-refractivity contribution < 1.29 is 4.79 Å². The monoisotopic (exact) mass is 363 g/mol. The molecule has 0 spiro atoms. The fraction of sp³-hybridized carbons (Fsp3) is 0.188. The van der Waals surface area contributed by atoms with E-state index >= 15 is 0 Å². The molecule has 0 bridgehead atoms. The molecule has 0 unspecified atom stereocenters. The molecule has 8 heteroatoms. The summed E-state index contributed by atoms with van der Waals surface area (Å²) >= 11 is 12.3. The third kappa shape index (κ3) is 3.29. The number of aromatic nitrogens is 4. The average molecular weight is 364 g/mol. The number of benzene rings is 1. The largest absolute Gasteiger partial charge is 0.319 e. The van der Waals surface area contributed by atoms with Gasteiger partial charge in [0, 0.05) is 34.5 Å². The molecule has 0 atom stereocenters. The lowest BCUT2D eigenvalue weighted by Gasteiger charge is -2.06. The van der Waals surface area contributed by atoms with E-state index in [4.69, 9.17) is 23.2 Å². The summed E-state index contributed by atoms with van der Waals surface area (Å²) in [4.78, 5) is 12.3. The van der Waals surface area contributed by atoms with E-state index in [9.17, 15) is 4.79 Å². The molecule has 0 aliphatic carbocycles. The van der Waals surface area contributed by atoms with Crippen molar-refractivity contribution in [2.45, 2.75) is 13.5 Å². The summed E-state index contributed by atoms with van der Waals surface area (Å²) in [5, 5.41) is 12.3. The van der Waals surface area contributed by atoms with Crippen LogP contribution >= 0.6 is 23.2 Å². The number of aryl methyl sites for hydroxylation is 1. The molecule has 0 saturated carbocycles. The first kappa shape index (κ1) is 16.5. The van der Waals surface area contributed by atoms with Crippen LogP contribution in [0, 0.1) is 6.92 Å². The van der Waals surface area contributed by atoms with Gasteiger partial charge in [0.05, 0.1) is 30.2 Å². The van der Waals surface area contributed by atoms with Gasteiger partial charge in [-0.1, -0.05) is 29.3 Å². The molecule has 2 aromatic heterocycles. The first-order chi connectivity index (χ1) is 11.5. The van der Waals surface area contributed by atoms with Gasteiger partial charge in [-0.3, -0.25) is 14.2 Å².